The Bertz CT molecular complexity index is 499. The highest BCUT2D eigenvalue weighted by molar-refractivity contribution is 5.51. The molecule has 0 amide bonds. The number of methoxy groups -OCH3 is 1. The molecule has 2 rings (SSSR count). The molecular formula is C13H16N4O. The van der Waals surface area contributed by atoms with Crippen LogP contribution in [-0.4, -0.2) is 24.1 Å². The summed E-state index contributed by atoms with van der Waals surface area (Å²) in [5.41, 5.74) is 2.11. The van der Waals surface area contributed by atoms with E-state index in [1.54, 1.807) is 19.5 Å². The summed E-state index contributed by atoms with van der Waals surface area (Å²) in [7, 11) is 3.45. The summed E-state index contributed by atoms with van der Waals surface area (Å²) >= 11 is 0. The number of aromatic nitrogens is 2. The van der Waals surface area contributed by atoms with Gasteiger partial charge in [0, 0.05) is 43.8 Å². The summed E-state index contributed by atoms with van der Waals surface area (Å²) in [5.74, 6) is 1.47. The topological polar surface area (TPSA) is 59.1 Å². The van der Waals surface area contributed by atoms with E-state index in [1.165, 1.54) is 0 Å². The van der Waals surface area contributed by atoms with Gasteiger partial charge in [-0.15, -0.1) is 0 Å². The molecule has 0 unspecified atom stereocenters. The van der Waals surface area contributed by atoms with Crippen molar-refractivity contribution in [2.45, 2.75) is 6.54 Å². The molecule has 2 aromatic heterocycles. The van der Waals surface area contributed by atoms with Crippen molar-refractivity contribution >= 4 is 11.5 Å². The van der Waals surface area contributed by atoms with Gasteiger partial charge in [0.2, 0.25) is 5.88 Å². The number of pyridine rings is 2. The average molecular weight is 244 g/mol. The van der Waals surface area contributed by atoms with E-state index >= 15 is 0 Å². The first-order chi connectivity index (χ1) is 8.81. The third kappa shape index (κ3) is 3.10. The summed E-state index contributed by atoms with van der Waals surface area (Å²) < 4.78 is 5.01. The second-order valence-corrected chi connectivity index (χ2v) is 3.74. The summed E-state index contributed by atoms with van der Waals surface area (Å²) in [4.78, 5) is 8.31. The smallest absolute Gasteiger partial charge is 0.212 e. The third-order valence-corrected chi connectivity index (χ3v) is 2.52. The van der Waals surface area contributed by atoms with E-state index in [-0.39, 0.29) is 0 Å². The molecule has 2 aromatic rings. The molecule has 2 N–H and O–H groups in total. The standard InChI is InChI=1S/C13H16N4O/c1-14-12-7-11(5-6-15-12)16-8-10-3-4-13(18-2)17-9-10/h3-7,9H,8H2,1-2H3,(H2,14,15,16). The Balaban J connectivity index is 1.97. The van der Waals surface area contributed by atoms with E-state index in [0.717, 1.165) is 17.1 Å². The van der Waals surface area contributed by atoms with Gasteiger partial charge in [-0.3, -0.25) is 0 Å². The minimum Gasteiger partial charge on any atom is -0.481 e. The van der Waals surface area contributed by atoms with Crippen LogP contribution in [0.5, 0.6) is 5.88 Å². The van der Waals surface area contributed by atoms with Crippen LogP contribution in [0, 0.1) is 0 Å². The summed E-state index contributed by atoms with van der Waals surface area (Å²) in [6, 6.07) is 7.72. The molecule has 0 aromatic carbocycles. The number of hydrogen-bond donors (Lipinski definition) is 2. The molecule has 0 spiro atoms. The molecular weight excluding hydrogens is 228 g/mol. The van der Waals surface area contributed by atoms with Gasteiger partial charge in [0.1, 0.15) is 5.82 Å². The van der Waals surface area contributed by atoms with Crippen LogP contribution in [0.3, 0.4) is 0 Å². The quantitative estimate of drug-likeness (QED) is 0.843. The minimum absolute atomic E-state index is 0.625. The van der Waals surface area contributed by atoms with Gasteiger partial charge in [0.15, 0.2) is 0 Å². The molecule has 0 saturated heterocycles. The molecule has 94 valence electrons. The van der Waals surface area contributed by atoms with E-state index in [9.17, 15) is 0 Å². The predicted octanol–water partition coefficient (Wildman–Crippen LogP) is 2.14. The third-order valence-electron chi connectivity index (χ3n) is 2.52. The Kier molecular flexibility index (Phi) is 3.96. The average Bonchev–Trinajstić information content (AvgIpc) is 2.46. The number of nitrogens with zero attached hydrogens (tertiary/aromatic N) is 2. The van der Waals surface area contributed by atoms with Gasteiger partial charge in [-0.25, -0.2) is 9.97 Å². The molecule has 0 aliphatic rings. The molecule has 18 heavy (non-hydrogen) atoms. The largest absolute Gasteiger partial charge is 0.481 e. The molecule has 5 heteroatoms. The fourth-order valence-corrected chi connectivity index (χ4v) is 1.52. The number of hydrogen-bond acceptors (Lipinski definition) is 5. The minimum atomic E-state index is 0.625. The Labute approximate surface area is 106 Å². The zero-order valence-corrected chi connectivity index (χ0v) is 10.5. The highest BCUT2D eigenvalue weighted by Gasteiger charge is 1.97. The Morgan fingerprint density at radius 3 is 2.78 bits per heavy atom. The lowest BCUT2D eigenvalue weighted by Gasteiger charge is -2.08. The summed E-state index contributed by atoms with van der Waals surface area (Å²) in [5, 5.41) is 6.31. The van der Waals surface area contributed by atoms with E-state index in [1.807, 2.05) is 31.3 Å². The van der Waals surface area contributed by atoms with E-state index < -0.39 is 0 Å². The van der Waals surface area contributed by atoms with Crippen molar-refractivity contribution in [2.24, 2.45) is 0 Å². The monoisotopic (exact) mass is 244 g/mol. The zero-order valence-electron chi connectivity index (χ0n) is 10.5. The van der Waals surface area contributed by atoms with Crippen molar-refractivity contribution in [2.75, 3.05) is 24.8 Å². The second kappa shape index (κ2) is 5.86. The first-order valence-corrected chi connectivity index (χ1v) is 5.68. The molecule has 0 radical (unpaired) electrons. The molecule has 0 aliphatic carbocycles. The van der Waals surface area contributed by atoms with Crippen molar-refractivity contribution in [3.8, 4) is 5.88 Å². The van der Waals surface area contributed by atoms with Gasteiger partial charge in [-0.1, -0.05) is 6.07 Å². The maximum atomic E-state index is 5.01. The van der Waals surface area contributed by atoms with Gasteiger partial charge >= 0.3 is 0 Å². The van der Waals surface area contributed by atoms with Crippen LogP contribution in [0.4, 0.5) is 11.5 Å². The Morgan fingerprint density at radius 1 is 1.22 bits per heavy atom. The van der Waals surface area contributed by atoms with Gasteiger partial charge in [-0.05, 0) is 11.6 Å². The van der Waals surface area contributed by atoms with Crippen LogP contribution >= 0.6 is 0 Å². The van der Waals surface area contributed by atoms with Crippen molar-refractivity contribution in [1.29, 1.82) is 0 Å². The molecule has 0 bridgehead atoms. The first-order valence-electron chi connectivity index (χ1n) is 5.68. The van der Waals surface area contributed by atoms with Gasteiger partial charge in [0.25, 0.3) is 0 Å². The van der Waals surface area contributed by atoms with E-state index in [0.29, 0.717) is 12.4 Å². The zero-order chi connectivity index (χ0) is 12.8. The van der Waals surface area contributed by atoms with Gasteiger partial charge in [-0.2, -0.15) is 0 Å². The fourth-order valence-electron chi connectivity index (χ4n) is 1.52. The van der Waals surface area contributed by atoms with Gasteiger partial charge in [0.05, 0.1) is 7.11 Å². The first kappa shape index (κ1) is 12.2. The number of nitrogens with one attached hydrogen (secondary N) is 2. The second-order valence-electron chi connectivity index (χ2n) is 3.74. The predicted molar refractivity (Wildman–Crippen MR) is 71.9 cm³/mol. The van der Waals surface area contributed by atoms with Crippen molar-refractivity contribution in [1.82, 2.24) is 9.97 Å². The SMILES string of the molecule is CNc1cc(NCc2ccc(OC)nc2)ccn1. The lowest BCUT2D eigenvalue weighted by atomic mass is 10.2. The lowest BCUT2D eigenvalue weighted by molar-refractivity contribution is 0.397. The number of ether oxygens (including phenoxy) is 1. The molecule has 0 aliphatic heterocycles. The summed E-state index contributed by atoms with van der Waals surface area (Å²) in [6.45, 7) is 0.712. The maximum absolute atomic E-state index is 5.01. The normalized spacial score (nSPS) is 9.89. The lowest BCUT2D eigenvalue weighted by Crippen LogP contribution is -2.01. The van der Waals surface area contributed by atoms with Crippen LogP contribution in [0.2, 0.25) is 0 Å². The van der Waals surface area contributed by atoms with Crippen LogP contribution < -0.4 is 15.4 Å². The Hall–Kier alpha value is -2.30. The van der Waals surface area contributed by atoms with Gasteiger partial charge < -0.3 is 15.4 Å². The fraction of sp³-hybridized carbons (Fsp3) is 0.231. The van der Waals surface area contributed by atoms with Crippen LogP contribution in [0.1, 0.15) is 5.56 Å². The van der Waals surface area contributed by atoms with Crippen LogP contribution in [0.15, 0.2) is 36.7 Å². The molecule has 0 fully saturated rings. The Morgan fingerprint density at radius 2 is 2.11 bits per heavy atom. The number of rotatable bonds is 5. The molecule has 0 saturated carbocycles. The maximum Gasteiger partial charge on any atom is 0.212 e. The summed E-state index contributed by atoms with van der Waals surface area (Å²) in [6.07, 6.45) is 3.56. The van der Waals surface area contributed by atoms with E-state index in [4.69, 9.17) is 4.74 Å². The van der Waals surface area contributed by atoms with E-state index in [2.05, 4.69) is 20.6 Å². The molecule has 0 atom stereocenters. The van der Waals surface area contributed by atoms with Crippen LogP contribution in [-0.2, 0) is 6.54 Å². The molecule has 5 nitrogen and oxygen atoms in total. The highest BCUT2D eigenvalue weighted by Crippen LogP contribution is 2.13. The highest BCUT2D eigenvalue weighted by atomic mass is 16.5. The molecule has 2 heterocycles. The number of anilines is 2. The van der Waals surface area contributed by atoms with Crippen molar-refractivity contribution in [3.05, 3.63) is 42.2 Å². The van der Waals surface area contributed by atoms with Crippen LogP contribution in [0.25, 0.3) is 0 Å². The van der Waals surface area contributed by atoms with Crippen molar-refractivity contribution in [3.63, 3.8) is 0 Å². The van der Waals surface area contributed by atoms with Crippen molar-refractivity contribution < 1.29 is 4.74 Å².